The minimum Gasteiger partial charge on any atom is -0.507 e. The summed E-state index contributed by atoms with van der Waals surface area (Å²) in [5, 5.41) is 19.4. The van der Waals surface area contributed by atoms with Gasteiger partial charge in [0.1, 0.15) is 5.75 Å². The van der Waals surface area contributed by atoms with Gasteiger partial charge in [0, 0.05) is 17.1 Å². The Balaban J connectivity index is 1.90. The number of hydrogen-bond acceptors (Lipinski definition) is 3. The Bertz CT molecular complexity index is 589. The molecule has 3 atom stereocenters. The number of carboxylic acid groups (broad SMARTS) is 1. The van der Waals surface area contributed by atoms with Gasteiger partial charge in [-0.2, -0.15) is 0 Å². The first-order valence-corrected chi connectivity index (χ1v) is 6.91. The van der Waals surface area contributed by atoms with E-state index in [2.05, 4.69) is 0 Å². The summed E-state index contributed by atoms with van der Waals surface area (Å²) >= 11 is 5.75. The van der Waals surface area contributed by atoms with E-state index in [4.69, 9.17) is 11.6 Å². The van der Waals surface area contributed by atoms with Crippen LogP contribution in [0.15, 0.2) is 18.2 Å². The van der Waals surface area contributed by atoms with E-state index in [-0.39, 0.29) is 29.3 Å². The average molecular weight is 296 g/mol. The third-order valence-corrected chi connectivity index (χ3v) is 4.51. The van der Waals surface area contributed by atoms with Gasteiger partial charge in [0.15, 0.2) is 0 Å². The highest BCUT2D eigenvalue weighted by Gasteiger charge is 2.51. The lowest BCUT2D eigenvalue weighted by Crippen LogP contribution is -2.37. The maximum absolute atomic E-state index is 12.5. The Kier molecular flexibility index (Phi) is 3.09. The fourth-order valence-corrected chi connectivity index (χ4v) is 3.56. The molecule has 0 aromatic heterocycles. The molecule has 2 bridgehead atoms. The predicted molar refractivity (Wildman–Crippen MR) is 71.8 cm³/mol. The first kappa shape index (κ1) is 13.2. The zero-order valence-corrected chi connectivity index (χ0v) is 11.4. The lowest BCUT2D eigenvalue weighted by Gasteiger charge is -2.23. The molecule has 2 heterocycles. The van der Waals surface area contributed by atoms with Crippen LogP contribution in [0.2, 0.25) is 5.02 Å². The molecule has 20 heavy (non-hydrogen) atoms. The molecule has 6 heteroatoms. The van der Waals surface area contributed by atoms with Crippen molar-refractivity contribution in [1.82, 2.24) is 4.90 Å². The molecule has 0 spiro atoms. The molecule has 0 radical (unpaired) electrons. The molecule has 1 amide bonds. The predicted octanol–water partition coefficient (Wildman–Crippen LogP) is 2.12. The van der Waals surface area contributed by atoms with Crippen LogP contribution in [0.25, 0.3) is 0 Å². The third-order valence-electron chi connectivity index (χ3n) is 4.28. The van der Waals surface area contributed by atoms with Gasteiger partial charge in [-0.05, 0) is 37.5 Å². The van der Waals surface area contributed by atoms with E-state index >= 15 is 0 Å². The van der Waals surface area contributed by atoms with Crippen LogP contribution in [-0.4, -0.2) is 39.1 Å². The number of phenols is 1. The van der Waals surface area contributed by atoms with Crippen LogP contribution < -0.4 is 0 Å². The van der Waals surface area contributed by atoms with E-state index < -0.39 is 11.9 Å². The second-order valence-electron chi connectivity index (χ2n) is 5.35. The third kappa shape index (κ3) is 1.93. The number of phenolic OH excluding ortho intramolecular Hbond substituents is 1. The second-order valence-corrected chi connectivity index (χ2v) is 5.79. The van der Waals surface area contributed by atoms with Crippen LogP contribution in [0.1, 0.15) is 29.6 Å². The van der Waals surface area contributed by atoms with Crippen molar-refractivity contribution in [1.29, 1.82) is 0 Å². The van der Waals surface area contributed by atoms with E-state index in [1.54, 1.807) is 11.0 Å². The van der Waals surface area contributed by atoms with Crippen molar-refractivity contribution in [3.8, 4) is 5.75 Å². The van der Waals surface area contributed by atoms with Crippen LogP contribution in [0.5, 0.6) is 5.75 Å². The highest BCUT2D eigenvalue weighted by atomic mass is 35.5. The van der Waals surface area contributed by atoms with Crippen LogP contribution in [-0.2, 0) is 4.79 Å². The van der Waals surface area contributed by atoms with E-state index in [0.29, 0.717) is 17.9 Å². The van der Waals surface area contributed by atoms with Gasteiger partial charge in [-0.25, -0.2) is 0 Å². The maximum Gasteiger partial charge on any atom is 0.308 e. The average Bonchev–Trinajstić information content (AvgIpc) is 2.95. The lowest BCUT2D eigenvalue weighted by atomic mass is 9.89. The molecule has 5 nitrogen and oxygen atoms in total. The van der Waals surface area contributed by atoms with Crippen LogP contribution in [0.3, 0.4) is 0 Å². The van der Waals surface area contributed by atoms with Crippen molar-refractivity contribution in [2.24, 2.45) is 5.92 Å². The van der Waals surface area contributed by atoms with Crippen LogP contribution in [0, 0.1) is 5.92 Å². The highest BCUT2D eigenvalue weighted by Crippen LogP contribution is 2.43. The maximum atomic E-state index is 12.5. The molecule has 3 rings (SSSR count). The zero-order valence-electron chi connectivity index (χ0n) is 10.6. The largest absolute Gasteiger partial charge is 0.507 e. The van der Waals surface area contributed by atoms with Gasteiger partial charge in [0.25, 0.3) is 5.91 Å². The van der Waals surface area contributed by atoms with Crippen LogP contribution in [0.4, 0.5) is 0 Å². The van der Waals surface area contributed by atoms with E-state index in [9.17, 15) is 19.8 Å². The normalized spacial score (nSPS) is 27.9. The standard InChI is InChI=1S/C14H14ClNO4/c15-7-1-3-9(12(17)5-7)13(18)16-8-2-4-11(16)10(6-8)14(19)20/h1,3,5,8,10-11,17H,2,4,6H2,(H,19,20). The molecule has 1 aromatic rings. The first-order chi connectivity index (χ1) is 9.49. The second kappa shape index (κ2) is 4.66. The number of rotatable bonds is 2. The van der Waals surface area contributed by atoms with E-state index in [1.165, 1.54) is 12.1 Å². The van der Waals surface area contributed by atoms with Gasteiger partial charge in [-0.1, -0.05) is 11.6 Å². The number of fused-ring (bicyclic) bond motifs is 2. The smallest absolute Gasteiger partial charge is 0.308 e. The zero-order chi connectivity index (χ0) is 14.4. The molecule has 3 unspecified atom stereocenters. The number of aliphatic carboxylic acids is 1. The SMILES string of the molecule is O=C(O)C1CC2CCC1N2C(=O)c1ccc(Cl)cc1O. The molecule has 0 saturated carbocycles. The summed E-state index contributed by atoms with van der Waals surface area (Å²) < 4.78 is 0. The summed E-state index contributed by atoms with van der Waals surface area (Å²) in [6.07, 6.45) is 2.04. The summed E-state index contributed by atoms with van der Waals surface area (Å²) in [6.45, 7) is 0. The van der Waals surface area contributed by atoms with Gasteiger partial charge in [-0.3, -0.25) is 9.59 Å². The Hall–Kier alpha value is -1.75. The van der Waals surface area contributed by atoms with Crippen molar-refractivity contribution < 1.29 is 19.8 Å². The molecule has 2 N–H and O–H groups in total. The van der Waals surface area contributed by atoms with Gasteiger partial charge in [0.2, 0.25) is 0 Å². The van der Waals surface area contributed by atoms with Crippen molar-refractivity contribution in [2.75, 3.05) is 0 Å². The number of hydrogen-bond donors (Lipinski definition) is 2. The fourth-order valence-electron chi connectivity index (χ4n) is 3.40. The molecule has 1 aromatic carbocycles. The van der Waals surface area contributed by atoms with Crippen molar-refractivity contribution in [3.63, 3.8) is 0 Å². The van der Waals surface area contributed by atoms with Crippen molar-refractivity contribution in [3.05, 3.63) is 28.8 Å². The fraction of sp³-hybridized carbons (Fsp3) is 0.429. The monoisotopic (exact) mass is 295 g/mol. The van der Waals surface area contributed by atoms with Gasteiger partial charge < -0.3 is 15.1 Å². The molecule has 2 fully saturated rings. The molecule has 2 aliphatic heterocycles. The number of amides is 1. The van der Waals surface area contributed by atoms with E-state index in [1.807, 2.05) is 0 Å². The number of aromatic hydroxyl groups is 1. The number of carbonyl (C=O) groups excluding carboxylic acids is 1. The molecule has 2 saturated heterocycles. The summed E-state index contributed by atoms with van der Waals surface area (Å²) in [7, 11) is 0. The molecule has 106 valence electrons. The number of halogens is 1. The summed E-state index contributed by atoms with van der Waals surface area (Å²) in [4.78, 5) is 25.4. The van der Waals surface area contributed by atoms with Gasteiger partial charge in [0.05, 0.1) is 11.5 Å². The summed E-state index contributed by atoms with van der Waals surface area (Å²) in [5.74, 6) is -1.82. The quantitative estimate of drug-likeness (QED) is 0.876. The summed E-state index contributed by atoms with van der Waals surface area (Å²) in [6, 6.07) is 4.04. The van der Waals surface area contributed by atoms with Gasteiger partial charge >= 0.3 is 5.97 Å². The lowest BCUT2D eigenvalue weighted by molar-refractivity contribution is -0.142. The Morgan fingerprint density at radius 3 is 2.65 bits per heavy atom. The molecular weight excluding hydrogens is 282 g/mol. The van der Waals surface area contributed by atoms with Crippen molar-refractivity contribution in [2.45, 2.75) is 31.3 Å². The minimum atomic E-state index is -0.852. The Labute approximate surface area is 120 Å². The number of carbonyl (C=O) groups is 2. The minimum absolute atomic E-state index is 0.0383. The van der Waals surface area contributed by atoms with E-state index in [0.717, 1.165) is 6.42 Å². The molecular formula is C14H14ClNO4. The molecule has 2 aliphatic rings. The summed E-state index contributed by atoms with van der Waals surface area (Å²) in [5.41, 5.74) is 0.178. The van der Waals surface area contributed by atoms with Gasteiger partial charge in [-0.15, -0.1) is 0 Å². The number of nitrogens with zero attached hydrogens (tertiary/aromatic N) is 1. The van der Waals surface area contributed by atoms with Crippen molar-refractivity contribution >= 4 is 23.5 Å². The Morgan fingerprint density at radius 2 is 2.05 bits per heavy atom. The first-order valence-electron chi connectivity index (χ1n) is 6.53. The topological polar surface area (TPSA) is 77.8 Å². The Morgan fingerprint density at radius 1 is 1.30 bits per heavy atom. The highest BCUT2D eigenvalue weighted by molar-refractivity contribution is 6.30. The number of carboxylic acids is 1. The number of benzene rings is 1. The van der Waals surface area contributed by atoms with Crippen LogP contribution >= 0.6 is 11.6 Å². The molecule has 0 aliphatic carbocycles.